The molecule has 0 aliphatic heterocycles. The minimum absolute atomic E-state index is 0. The van der Waals surface area contributed by atoms with Gasteiger partial charge in [-0.05, 0) is 0 Å². The smallest absolute Gasteiger partial charge is 1.00 e. The Kier molecular flexibility index (Phi) is 14.8. The zero-order valence-corrected chi connectivity index (χ0v) is 37.6. The van der Waals surface area contributed by atoms with Gasteiger partial charge in [0, 0.05) is 0 Å². The number of hydrogen-bond donors (Lipinski definition) is 0. The van der Waals surface area contributed by atoms with Crippen molar-refractivity contribution in [1.82, 2.24) is 0 Å². The van der Waals surface area contributed by atoms with Gasteiger partial charge in [-0.25, -0.2) is 0 Å². The molecule has 0 aromatic heterocycles. The zero-order chi connectivity index (χ0) is 31.1. The van der Waals surface area contributed by atoms with Crippen LogP contribution in [0.5, 0.6) is 0 Å². The second kappa shape index (κ2) is 15.9. The summed E-state index contributed by atoms with van der Waals surface area (Å²) in [5.74, 6) is 1.97. The van der Waals surface area contributed by atoms with Gasteiger partial charge in [-0.1, -0.05) is 0 Å². The Bertz CT molecular complexity index is 1050. The van der Waals surface area contributed by atoms with E-state index < -0.39 is 43.5 Å². The minimum Gasteiger partial charge on any atom is -1.00 e. The molecule has 251 valence electrons. The molecule has 0 spiro atoms. The molecule has 0 aromatic carbocycles. The third-order valence-corrected chi connectivity index (χ3v) is 42.1. The molecule has 4 rings (SSSR count). The normalized spacial score (nSPS) is 22.6. The van der Waals surface area contributed by atoms with Gasteiger partial charge in [0.05, 0.1) is 0 Å². The van der Waals surface area contributed by atoms with Crippen LogP contribution < -0.4 is 24.8 Å². The molecule has 0 heterocycles. The van der Waals surface area contributed by atoms with Gasteiger partial charge in [-0.2, -0.15) is 0 Å². The van der Waals surface area contributed by atoms with Crippen molar-refractivity contribution in [2.24, 2.45) is 0 Å². The van der Waals surface area contributed by atoms with Gasteiger partial charge in [0.15, 0.2) is 0 Å². The topological polar surface area (TPSA) is 18.5 Å². The molecular formula is C36H65Cl2O2Si3Zr. The van der Waals surface area contributed by atoms with Crippen molar-refractivity contribution in [3.8, 4) is 0 Å². The molecule has 2 nitrogen and oxygen atoms in total. The van der Waals surface area contributed by atoms with Crippen molar-refractivity contribution in [3.05, 3.63) is 46.0 Å². The Labute approximate surface area is 296 Å². The molecule has 0 aromatic rings. The van der Waals surface area contributed by atoms with Crippen LogP contribution in [0.15, 0.2) is 46.0 Å². The first-order valence-corrected chi connectivity index (χ1v) is 33.5. The number of rotatable bonds is 13. The summed E-state index contributed by atoms with van der Waals surface area (Å²) in [4.78, 5) is 0. The first-order valence-electron chi connectivity index (χ1n) is 17.7. The third-order valence-electron chi connectivity index (χ3n) is 12.1. The van der Waals surface area contributed by atoms with Gasteiger partial charge in [0.1, 0.15) is 0 Å². The molecule has 0 bridgehead atoms. The summed E-state index contributed by atoms with van der Waals surface area (Å²) in [6.07, 6.45) is 20.9. The SMILES string of the molecule is CCCC(C)(C)[Si](C)(C)OC1=CC2=C(CCCC2)[C@@H]1[Zr+2]([C@H]1C(O[Si](C)(C)C(C)(C)CCC)=CC2=C1CCCC2)[SiH](C)C.[Cl-].[Cl-]. The minimum atomic E-state index is -2.18. The van der Waals surface area contributed by atoms with Gasteiger partial charge >= 0.3 is 273 Å². The van der Waals surface area contributed by atoms with Crippen molar-refractivity contribution in [2.75, 3.05) is 0 Å². The number of halogens is 2. The molecule has 0 amide bonds. The van der Waals surface area contributed by atoms with Crippen molar-refractivity contribution in [2.45, 2.75) is 175 Å². The van der Waals surface area contributed by atoms with Crippen LogP contribution in [0.1, 0.15) is 119 Å². The van der Waals surface area contributed by atoms with E-state index in [9.17, 15) is 0 Å². The maximum Gasteiger partial charge on any atom is -1.00 e. The molecule has 4 aliphatic carbocycles. The van der Waals surface area contributed by atoms with Gasteiger partial charge in [0.2, 0.25) is 0 Å². The summed E-state index contributed by atoms with van der Waals surface area (Å²) in [5.41, 5.74) is 7.07. The number of allylic oxidation sites excluding steroid dienone is 6. The monoisotopic (exact) mass is 773 g/mol. The summed E-state index contributed by atoms with van der Waals surface area (Å²) >= 11 is -2.18. The van der Waals surface area contributed by atoms with Crippen molar-refractivity contribution >= 4 is 22.6 Å². The average Bonchev–Trinajstić information content (AvgIpc) is 3.41. The largest absolute Gasteiger partial charge is 1.00 e. The first-order chi connectivity index (χ1) is 19.6. The maximum atomic E-state index is 7.53. The Morgan fingerprint density at radius 3 is 1.34 bits per heavy atom. The standard InChI is InChI=1S/2C17H29OSi.C2H7Si.2ClH.Zr/c2*1-6-11-17(2,3)19(4,5)18-16-12-14-9-7-8-10-15(14)13-16;1-3-2;;;/h2*12-13H,6-11H2,1-5H3;3H,1-2H3;2*1H;/q;;;;;+2/p-2. The molecule has 0 saturated heterocycles. The van der Waals surface area contributed by atoms with Crippen LogP contribution in [0.25, 0.3) is 0 Å². The molecular weight excluding hydrogens is 711 g/mol. The van der Waals surface area contributed by atoms with E-state index in [2.05, 4.69) is 93.0 Å². The van der Waals surface area contributed by atoms with Crippen LogP contribution in [-0.2, 0) is 29.8 Å². The molecule has 4 aliphatic rings. The Hall–Kier alpha value is 0.674. The quantitative estimate of drug-likeness (QED) is 0.204. The van der Waals surface area contributed by atoms with Crippen LogP contribution in [0.4, 0.5) is 0 Å². The van der Waals surface area contributed by atoms with E-state index in [1.165, 1.54) is 88.6 Å². The first kappa shape index (κ1) is 40.8. The van der Waals surface area contributed by atoms with Crippen LogP contribution in [0.3, 0.4) is 0 Å². The summed E-state index contributed by atoms with van der Waals surface area (Å²) < 4.78 is 16.4. The molecule has 8 heteroatoms. The van der Waals surface area contributed by atoms with Gasteiger partial charge in [-0.3, -0.25) is 0 Å². The van der Waals surface area contributed by atoms with Crippen molar-refractivity contribution in [3.63, 3.8) is 0 Å². The molecule has 0 radical (unpaired) electrons. The fourth-order valence-electron chi connectivity index (χ4n) is 8.21. The predicted molar refractivity (Wildman–Crippen MR) is 189 cm³/mol. The molecule has 0 unspecified atom stereocenters. The van der Waals surface area contributed by atoms with Gasteiger partial charge in [0.25, 0.3) is 0 Å². The molecule has 0 fully saturated rings. The van der Waals surface area contributed by atoms with Crippen LogP contribution in [0.2, 0.25) is 56.6 Å². The van der Waals surface area contributed by atoms with E-state index in [-0.39, 0.29) is 34.9 Å². The van der Waals surface area contributed by atoms with E-state index in [1.807, 2.05) is 11.1 Å². The Balaban J connectivity index is 0.00000337. The molecule has 44 heavy (non-hydrogen) atoms. The van der Waals surface area contributed by atoms with E-state index >= 15 is 0 Å². The Morgan fingerprint density at radius 2 is 1.02 bits per heavy atom. The predicted octanol–water partition coefficient (Wildman–Crippen LogP) is 6.31. The van der Waals surface area contributed by atoms with E-state index in [0.717, 1.165) is 0 Å². The molecule has 0 N–H and O–H groups in total. The maximum absolute atomic E-state index is 7.53. The zero-order valence-electron chi connectivity index (χ0n) is 30.4. The van der Waals surface area contributed by atoms with E-state index in [4.69, 9.17) is 8.85 Å². The summed E-state index contributed by atoms with van der Waals surface area (Å²) in [7, 11) is -3.93. The fraction of sp³-hybridized carbons (Fsp3) is 0.778. The van der Waals surface area contributed by atoms with E-state index in [1.54, 1.807) is 11.1 Å². The van der Waals surface area contributed by atoms with E-state index in [0.29, 0.717) is 7.25 Å². The molecule has 2 atom stereocenters. The van der Waals surface area contributed by atoms with Crippen molar-refractivity contribution < 1.29 is 54.6 Å². The van der Waals surface area contributed by atoms with Crippen LogP contribution >= 0.6 is 0 Å². The average molecular weight is 776 g/mol. The summed E-state index contributed by atoms with van der Waals surface area (Å²) in [5, 5.41) is 0.548. The summed E-state index contributed by atoms with van der Waals surface area (Å²) in [6, 6.07) is 0. The van der Waals surface area contributed by atoms with Crippen LogP contribution in [0, 0.1) is 0 Å². The van der Waals surface area contributed by atoms with Crippen molar-refractivity contribution in [1.29, 1.82) is 0 Å². The molecule has 0 saturated carbocycles. The Morgan fingerprint density at radius 1 is 0.682 bits per heavy atom. The van der Waals surface area contributed by atoms with Gasteiger partial charge < -0.3 is 24.8 Å². The van der Waals surface area contributed by atoms with Crippen LogP contribution in [-0.4, -0.2) is 22.6 Å². The second-order valence-electron chi connectivity index (χ2n) is 16.6. The third kappa shape index (κ3) is 8.27. The second-order valence-corrected chi connectivity index (χ2v) is 45.8. The number of hydrogen-bond acceptors (Lipinski definition) is 2. The summed E-state index contributed by atoms with van der Waals surface area (Å²) in [6.45, 7) is 30.2. The van der Waals surface area contributed by atoms with Gasteiger partial charge in [-0.15, -0.1) is 0 Å². The fourth-order valence-corrected chi connectivity index (χ4v) is 34.8.